The number of nitrogens with one attached hydrogen (secondary N) is 1. The van der Waals surface area contributed by atoms with Crippen molar-refractivity contribution in [1.82, 2.24) is 0 Å². The molecule has 0 heterocycles. The van der Waals surface area contributed by atoms with Crippen molar-refractivity contribution in [2.24, 2.45) is 0 Å². The number of carbonyl (C=O) groups excluding carboxylic acids is 1. The van der Waals surface area contributed by atoms with Crippen molar-refractivity contribution in [2.45, 2.75) is 27.1 Å². The van der Waals surface area contributed by atoms with Crippen LogP contribution in [-0.2, 0) is 18.0 Å². The third-order valence-corrected chi connectivity index (χ3v) is 6.84. The van der Waals surface area contributed by atoms with Crippen LogP contribution in [0.15, 0.2) is 95.0 Å². The number of ether oxygens (including phenoxy) is 4. The first-order valence-corrected chi connectivity index (χ1v) is 14.1. The maximum atomic E-state index is 12.8. The van der Waals surface area contributed by atoms with E-state index >= 15 is 0 Å². The lowest BCUT2D eigenvalue weighted by atomic mass is 10.1. The molecule has 4 aromatic rings. The molecule has 0 atom stereocenters. The molecular formula is C34H31BrN2O5. The largest absolute Gasteiger partial charge is 0.493 e. The van der Waals surface area contributed by atoms with Gasteiger partial charge in [0.25, 0.3) is 5.91 Å². The molecule has 214 valence electrons. The minimum atomic E-state index is -0.497. The van der Waals surface area contributed by atoms with Gasteiger partial charge in [-0.05, 0) is 88.4 Å². The lowest BCUT2D eigenvalue weighted by molar-refractivity contribution is -0.112. The highest BCUT2D eigenvalue weighted by atomic mass is 79.9. The van der Waals surface area contributed by atoms with E-state index in [4.69, 9.17) is 18.9 Å². The summed E-state index contributed by atoms with van der Waals surface area (Å²) in [6.07, 6.45) is 1.51. The maximum absolute atomic E-state index is 12.8. The minimum Gasteiger partial charge on any atom is -0.493 e. The Morgan fingerprint density at radius 1 is 0.881 bits per heavy atom. The highest BCUT2D eigenvalue weighted by molar-refractivity contribution is 9.10. The Morgan fingerprint density at radius 3 is 2.33 bits per heavy atom. The quantitative estimate of drug-likeness (QED) is 0.127. The summed E-state index contributed by atoms with van der Waals surface area (Å²) in [5.41, 5.74) is 4.05. The summed E-state index contributed by atoms with van der Waals surface area (Å²) in [4.78, 5) is 12.8. The molecule has 42 heavy (non-hydrogen) atoms. The summed E-state index contributed by atoms with van der Waals surface area (Å²) in [6.45, 7) is 4.98. The lowest BCUT2D eigenvalue weighted by Crippen LogP contribution is -2.14. The summed E-state index contributed by atoms with van der Waals surface area (Å²) in [6, 6.07) is 28.5. The number of hydrogen-bond donors (Lipinski definition) is 1. The van der Waals surface area contributed by atoms with E-state index < -0.39 is 5.91 Å². The van der Waals surface area contributed by atoms with Gasteiger partial charge in [0, 0.05) is 5.69 Å². The van der Waals surface area contributed by atoms with E-state index in [9.17, 15) is 10.1 Å². The molecule has 0 aliphatic rings. The second-order valence-electron chi connectivity index (χ2n) is 9.25. The van der Waals surface area contributed by atoms with Crippen molar-refractivity contribution < 1.29 is 23.7 Å². The first-order chi connectivity index (χ1) is 20.4. The zero-order chi connectivity index (χ0) is 29.9. The van der Waals surface area contributed by atoms with Crippen molar-refractivity contribution in [3.63, 3.8) is 0 Å². The topological polar surface area (TPSA) is 89.8 Å². The SMILES string of the molecule is CCOc1cc(COc2c(Br)cc(/C=C(/C#N)C(=O)Nc3ccccc3C)cc2OC)ccc1OCc1ccccc1. The van der Waals surface area contributed by atoms with Crippen molar-refractivity contribution >= 4 is 33.6 Å². The second kappa shape index (κ2) is 14.8. The summed E-state index contributed by atoms with van der Waals surface area (Å²) in [5, 5.41) is 12.5. The Labute approximate surface area is 254 Å². The summed E-state index contributed by atoms with van der Waals surface area (Å²) in [5.74, 6) is 1.72. The van der Waals surface area contributed by atoms with Crippen LogP contribution in [0.4, 0.5) is 5.69 Å². The number of amides is 1. The van der Waals surface area contributed by atoms with Crippen LogP contribution in [0.1, 0.15) is 29.2 Å². The fourth-order valence-electron chi connectivity index (χ4n) is 4.10. The number of para-hydroxylation sites is 1. The average Bonchev–Trinajstić information content (AvgIpc) is 3.00. The number of nitrogens with zero attached hydrogens (tertiary/aromatic N) is 1. The molecule has 0 aliphatic carbocycles. The predicted octanol–water partition coefficient (Wildman–Crippen LogP) is 7.87. The van der Waals surface area contributed by atoms with Crippen LogP contribution < -0.4 is 24.3 Å². The van der Waals surface area contributed by atoms with Crippen molar-refractivity contribution in [2.75, 3.05) is 19.0 Å². The Kier molecular flexibility index (Phi) is 10.6. The van der Waals surface area contributed by atoms with E-state index in [2.05, 4.69) is 21.2 Å². The maximum Gasteiger partial charge on any atom is 0.266 e. The number of hydrogen-bond acceptors (Lipinski definition) is 6. The van der Waals surface area contributed by atoms with Gasteiger partial charge in [0.2, 0.25) is 0 Å². The lowest BCUT2D eigenvalue weighted by Gasteiger charge is -2.16. The highest BCUT2D eigenvalue weighted by Crippen LogP contribution is 2.38. The fraction of sp³-hybridized carbons (Fsp3) is 0.176. The minimum absolute atomic E-state index is 0.0427. The van der Waals surface area contributed by atoms with Gasteiger partial charge in [-0.25, -0.2) is 0 Å². The van der Waals surface area contributed by atoms with Crippen LogP contribution in [0.5, 0.6) is 23.0 Å². The molecule has 4 rings (SSSR count). The molecule has 0 unspecified atom stereocenters. The van der Waals surface area contributed by atoms with Gasteiger partial charge in [0.15, 0.2) is 23.0 Å². The molecule has 1 amide bonds. The zero-order valence-electron chi connectivity index (χ0n) is 23.6. The molecule has 0 spiro atoms. The molecule has 4 aromatic carbocycles. The first kappa shape index (κ1) is 30.2. The zero-order valence-corrected chi connectivity index (χ0v) is 25.2. The van der Waals surface area contributed by atoms with Crippen LogP contribution >= 0.6 is 15.9 Å². The van der Waals surface area contributed by atoms with Gasteiger partial charge >= 0.3 is 0 Å². The number of halogens is 1. The van der Waals surface area contributed by atoms with E-state index in [1.807, 2.05) is 86.6 Å². The van der Waals surface area contributed by atoms with Gasteiger partial charge in [-0.3, -0.25) is 4.79 Å². The smallest absolute Gasteiger partial charge is 0.266 e. The van der Waals surface area contributed by atoms with Crippen LogP contribution in [0.2, 0.25) is 0 Å². The normalized spacial score (nSPS) is 10.9. The molecule has 8 heteroatoms. The first-order valence-electron chi connectivity index (χ1n) is 13.3. The number of carbonyl (C=O) groups is 1. The van der Waals surface area contributed by atoms with E-state index in [1.165, 1.54) is 13.2 Å². The number of methoxy groups -OCH3 is 1. The monoisotopic (exact) mass is 626 g/mol. The summed E-state index contributed by atoms with van der Waals surface area (Å²) >= 11 is 3.56. The number of benzene rings is 4. The molecule has 0 fully saturated rings. The molecule has 0 saturated carbocycles. The molecule has 0 saturated heterocycles. The number of anilines is 1. The summed E-state index contributed by atoms with van der Waals surface area (Å²) in [7, 11) is 1.53. The van der Waals surface area contributed by atoms with Gasteiger partial charge in [-0.15, -0.1) is 0 Å². The Bertz CT molecular complexity index is 1610. The number of nitriles is 1. The van der Waals surface area contributed by atoms with E-state index in [-0.39, 0.29) is 12.2 Å². The molecule has 7 nitrogen and oxygen atoms in total. The fourth-order valence-corrected chi connectivity index (χ4v) is 4.68. The molecular weight excluding hydrogens is 596 g/mol. The van der Waals surface area contributed by atoms with Crippen LogP contribution in [0.3, 0.4) is 0 Å². The van der Waals surface area contributed by atoms with Gasteiger partial charge in [-0.1, -0.05) is 54.6 Å². The Hall–Kier alpha value is -4.74. The van der Waals surface area contributed by atoms with Crippen molar-refractivity contribution in [1.29, 1.82) is 5.26 Å². The van der Waals surface area contributed by atoms with Gasteiger partial charge in [0.05, 0.1) is 18.2 Å². The van der Waals surface area contributed by atoms with Gasteiger partial charge in [-0.2, -0.15) is 5.26 Å². The van der Waals surface area contributed by atoms with Crippen molar-refractivity contribution in [3.05, 3.63) is 117 Å². The highest BCUT2D eigenvalue weighted by Gasteiger charge is 2.16. The summed E-state index contributed by atoms with van der Waals surface area (Å²) < 4.78 is 24.2. The molecule has 0 aromatic heterocycles. The van der Waals surface area contributed by atoms with E-state index in [0.717, 1.165) is 16.7 Å². The third kappa shape index (κ3) is 7.93. The third-order valence-electron chi connectivity index (χ3n) is 6.25. The van der Waals surface area contributed by atoms with E-state index in [1.54, 1.807) is 18.2 Å². The van der Waals surface area contributed by atoms with Crippen molar-refractivity contribution in [3.8, 4) is 29.1 Å². The van der Waals surface area contributed by atoms with Crippen LogP contribution in [0, 0.1) is 18.3 Å². The van der Waals surface area contributed by atoms with Crippen LogP contribution in [0.25, 0.3) is 6.08 Å². The number of rotatable bonds is 12. The average molecular weight is 628 g/mol. The standard InChI is InChI=1S/C34H31BrN2O5/c1-4-40-31-18-25(14-15-30(31)41-21-24-11-6-5-7-12-24)22-42-33-28(35)17-26(19-32(33)39-3)16-27(20-36)34(38)37-29-13-9-8-10-23(29)2/h5-19H,4,21-22H2,1-3H3,(H,37,38)/b27-16-. The van der Waals surface area contributed by atoms with Gasteiger partial charge < -0.3 is 24.3 Å². The Morgan fingerprint density at radius 2 is 1.62 bits per heavy atom. The van der Waals surface area contributed by atoms with Gasteiger partial charge in [0.1, 0.15) is 24.9 Å². The predicted molar refractivity (Wildman–Crippen MR) is 167 cm³/mol. The molecule has 1 N–H and O–H groups in total. The van der Waals surface area contributed by atoms with Crippen LogP contribution in [-0.4, -0.2) is 19.6 Å². The Balaban J connectivity index is 1.49. The molecule has 0 radical (unpaired) electrons. The number of aryl methyl sites for hydroxylation is 1. The molecule has 0 aliphatic heterocycles. The molecule has 0 bridgehead atoms. The second-order valence-corrected chi connectivity index (χ2v) is 10.1. The van der Waals surface area contributed by atoms with E-state index in [0.29, 0.717) is 51.9 Å².